The van der Waals surface area contributed by atoms with Gasteiger partial charge in [-0.2, -0.15) is 5.10 Å². The topological polar surface area (TPSA) is 57.3 Å². The molecular weight excluding hydrogens is 302 g/mol. The predicted molar refractivity (Wildman–Crippen MR) is 91.2 cm³/mol. The molecule has 2 fully saturated rings. The molecule has 2 aromatic heterocycles. The number of rotatable bonds is 6. The van der Waals surface area contributed by atoms with Crippen molar-refractivity contribution in [1.29, 1.82) is 0 Å². The molecule has 4 heterocycles. The lowest BCUT2D eigenvalue weighted by Crippen LogP contribution is -2.66. The van der Waals surface area contributed by atoms with Crippen LogP contribution in [0.5, 0.6) is 0 Å². The zero-order valence-corrected chi connectivity index (χ0v) is 14.2. The third-order valence-corrected chi connectivity index (χ3v) is 5.38. The van der Waals surface area contributed by atoms with Crippen LogP contribution >= 0.6 is 0 Å². The smallest absolute Gasteiger partial charge is 0.0718 e. The molecule has 0 radical (unpaired) electrons. The van der Waals surface area contributed by atoms with Crippen molar-refractivity contribution in [3.63, 3.8) is 0 Å². The molecule has 2 aliphatic rings. The summed E-state index contributed by atoms with van der Waals surface area (Å²) in [4.78, 5) is 9.08. The van der Waals surface area contributed by atoms with Gasteiger partial charge in [0.1, 0.15) is 0 Å². The number of hydrogen-bond donors (Lipinski definition) is 1. The van der Waals surface area contributed by atoms with Crippen LogP contribution in [0, 0.1) is 5.92 Å². The van der Waals surface area contributed by atoms with Crippen LogP contribution in [0.25, 0.3) is 0 Å². The Hall–Kier alpha value is -1.76. The maximum atomic E-state index is 5.95. The molecule has 2 aliphatic heterocycles. The van der Waals surface area contributed by atoms with Gasteiger partial charge in [-0.25, -0.2) is 0 Å². The molecule has 2 aromatic rings. The quantitative estimate of drug-likeness (QED) is 0.872. The maximum Gasteiger partial charge on any atom is 0.0718 e. The normalized spacial score (nSPS) is 23.6. The fourth-order valence-electron chi connectivity index (χ4n) is 4.16. The molecule has 128 valence electrons. The van der Waals surface area contributed by atoms with Gasteiger partial charge in [0, 0.05) is 55.9 Å². The second-order valence-electron chi connectivity index (χ2n) is 7.30. The van der Waals surface area contributed by atoms with E-state index in [-0.39, 0.29) is 0 Å². The number of nitrogens with one attached hydrogen (secondary N) is 1. The number of likely N-dealkylation sites (tertiary alicyclic amines) is 2. The standard InChI is InChI=1S/C18H25N5O/c1-22-9-16(12-24-11-15-2-4-19-5-3-15)6-18(22)13-23(14-18)10-17-7-20-21-8-17/h2-5,7-8,16H,6,9-14H2,1H3,(H,20,21)/t16-/m1/s1. The molecule has 24 heavy (non-hydrogen) atoms. The molecule has 1 N–H and O–H groups in total. The molecule has 0 bridgehead atoms. The molecule has 0 unspecified atom stereocenters. The molecule has 0 saturated carbocycles. The molecule has 1 spiro atoms. The lowest BCUT2D eigenvalue weighted by molar-refractivity contribution is -0.0226. The second-order valence-corrected chi connectivity index (χ2v) is 7.30. The van der Waals surface area contributed by atoms with Crippen molar-refractivity contribution in [3.05, 3.63) is 48.0 Å². The molecular formula is C18H25N5O. The summed E-state index contributed by atoms with van der Waals surface area (Å²) in [6.45, 7) is 5.95. The fourth-order valence-corrected chi connectivity index (χ4v) is 4.16. The van der Waals surface area contributed by atoms with E-state index in [1.54, 1.807) is 0 Å². The van der Waals surface area contributed by atoms with Gasteiger partial charge in [0.05, 0.1) is 19.4 Å². The summed E-state index contributed by atoms with van der Waals surface area (Å²) >= 11 is 0. The van der Waals surface area contributed by atoms with Gasteiger partial charge in [0.25, 0.3) is 0 Å². The van der Waals surface area contributed by atoms with Gasteiger partial charge >= 0.3 is 0 Å². The van der Waals surface area contributed by atoms with E-state index in [0.717, 1.165) is 32.8 Å². The van der Waals surface area contributed by atoms with Gasteiger partial charge in [0.15, 0.2) is 0 Å². The number of ether oxygens (including phenoxy) is 1. The van der Waals surface area contributed by atoms with E-state index >= 15 is 0 Å². The van der Waals surface area contributed by atoms with Crippen LogP contribution in [-0.2, 0) is 17.9 Å². The van der Waals surface area contributed by atoms with E-state index in [2.05, 4.69) is 32.0 Å². The van der Waals surface area contributed by atoms with E-state index in [0.29, 0.717) is 18.1 Å². The predicted octanol–water partition coefficient (Wildman–Crippen LogP) is 1.53. The van der Waals surface area contributed by atoms with Crippen LogP contribution in [0.15, 0.2) is 36.9 Å². The van der Waals surface area contributed by atoms with Gasteiger partial charge < -0.3 is 4.74 Å². The SMILES string of the molecule is CN1C[C@H](COCc2ccncc2)CC12CN(Cc1cn[nH]c1)C2. The van der Waals surface area contributed by atoms with E-state index in [1.165, 1.54) is 17.5 Å². The summed E-state index contributed by atoms with van der Waals surface area (Å²) in [6.07, 6.45) is 8.78. The Bertz CT molecular complexity index is 639. The van der Waals surface area contributed by atoms with Crippen molar-refractivity contribution >= 4 is 0 Å². The van der Waals surface area contributed by atoms with Crippen LogP contribution in [0.1, 0.15) is 17.5 Å². The first-order valence-electron chi connectivity index (χ1n) is 8.61. The van der Waals surface area contributed by atoms with Crippen LogP contribution in [0.4, 0.5) is 0 Å². The van der Waals surface area contributed by atoms with Crippen LogP contribution < -0.4 is 0 Å². The Balaban J connectivity index is 1.23. The number of nitrogens with zero attached hydrogens (tertiary/aromatic N) is 4. The Morgan fingerprint density at radius 3 is 2.88 bits per heavy atom. The molecule has 0 aromatic carbocycles. The average Bonchev–Trinajstić information content (AvgIpc) is 3.17. The van der Waals surface area contributed by atoms with Crippen molar-refractivity contribution in [3.8, 4) is 0 Å². The number of aromatic amines is 1. The fraction of sp³-hybridized carbons (Fsp3) is 0.556. The Morgan fingerprint density at radius 1 is 1.29 bits per heavy atom. The first-order valence-corrected chi connectivity index (χ1v) is 8.61. The number of H-pyrrole nitrogens is 1. The zero-order chi connectivity index (χ0) is 16.4. The Morgan fingerprint density at radius 2 is 2.12 bits per heavy atom. The third-order valence-electron chi connectivity index (χ3n) is 5.38. The molecule has 2 saturated heterocycles. The monoisotopic (exact) mass is 327 g/mol. The first-order chi connectivity index (χ1) is 11.7. The molecule has 0 aliphatic carbocycles. The summed E-state index contributed by atoms with van der Waals surface area (Å²) in [5.74, 6) is 0.632. The molecule has 0 amide bonds. The van der Waals surface area contributed by atoms with Crippen LogP contribution in [0.3, 0.4) is 0 Å². The summed E-state index contributed by atoms with van der Waals surface area (Å²) < 4.78 is 5.95. The molecule has 4 rings (SSSR count). The summed E-state index contributed by atoms with van der Waals surface area (Å²) in [5, 5.41) is 6.92. The summed E-state index contributed by atoms with van der Waals surface area (Å²) in [5.41, 5.74) is 2.82. The number of aromatic nitrogens is 3. The summed E-state index contributed by atoms with van der Waals surface area (Å²) in [6, 6.07) is 4.03. The Kier molecular flexibility index (Phi) is 4.35. The van der Waals surface area contributed by atoms with Gasteiger partial charge in [0.2, 0.25) is 0 Å². The highest BCUT2D eigenvalue weighted by molar-refractivity contribution is 5.12. The van der Waals surface area contributed by atoms with Gasteiger partial charge in [-0.1, -0.05) is 0 Å². The van der Waals surface area contributed by atoms with E-state index in [9.17, 15) is 0 Å². The minimum absolute atomic E-state index is 0.356. The lowest BCUT2D eigenvalue weighted by atomic mass is 9.84. The van der Waals surface area contributed by atoms with Crippen molar-refractivity contribution in [2.45, 2.75) is 25.1 Å². The Labute approximate surface area is 142 Å². The van der Waals surface area contributed by atoms with Crippen molar-refractivity contribution in [2.24, 2.45) is 5.92 Å². The molecule has 1 atom stereocenters. The highest BCUT2D eigenvalue weighted by Crippen LogP contribution is 2.40. The van der Waals surface area contributed by atoms with Crippen molar-refractivity contribution < 1.29 is 4.74 Å². The minimum Gasteiger partial charge on any atom is -0.376 e. The van der Waals surface area contributed by atoms with E-state index < -0.39 is 0 Å². The largest absolute Gasteiger partial charge is 0.376 e. The average molecular weight is 327 g/mol. The highest BCUT2D eigenvalue weighted by Gasteiger charge is 2.51. The van der Waals surface area contributed by atoms with Crippen LogP contribution in [-0.4, -0.2) is 63.8 Å². The second kappa shape index (κ2) is 6.63. The summed E-state index contributed by atoms with van der Waals surface area (Å²) in [7, 11) is 2.26. The zero-order valence-electron chi connectivity index (χ0n) is 14.2. The third kappa shape index (κ3) is 3.22. The minimum atomic E-state index is 0.356. The number of hydrogen-bond acceptors (Lipinski definition) is 5. The van der Waals surface area contributed by atoms with E-state index in [4.69, 9.17) is 4.74 Å². The number of likely N-dealkylation sites (N-methyl/N-ethyl adjacent to an activating group) is 1. The van der Waals surface area contributed by atoms with E-state index in [1.807, 2.05) is 36.9 Å². The number of pyridine rings is 1. The lowest BCUT2D eigenvalue weighted by Gasteiger charge is -2.52. The maximum absolute atomic E-state index is 5.95. The van der Waals surface area contributed by atoms with Gasteiger partial charge in [-0.15, -0.1) is 0 Å². The van der Waals surface area contributed by atoms with Gasteiger partial charge in [-0.3, -0.25) is 19.9 Å². The highest BCUT2D eigenvalue weighted by atomic mass is 16.5. The van der Waals surface area contributed by atoms with Gasteiger partial charge in [-0.05, 0) is 37.1 Å². The van der Waals surface area contributed by atoms with Crippen molar-refractivity contribution in [1.82, 2.24) is 25.0 Å². The molecule has 6 nitrogen and oxygen atoms in total. The van der Waals surface area contributed by atoms with Crippen molar-refractivity contribution in [2.75, 3.05) is 33.3 Å². The first kappa shape index (κ1) is 15.7. The van der Waals surface area contributed by atoms with Crippen LogP contribution in [0.2, 0.25) is 0 Å². The molecule has 6 heteroatoms.